The van der Waals surface area contributed by atoms with Crippen LogP contribution in [0, 0.1) is 12.8 Å². The average molecular weight is 292 g/mol. The first-order chi connectivity index (χ1) is 8.25. The Morgan fingerprint density at radius 2 is 2.06 bits per heavy atom. The summed E-state index contributed by atoms with van der Waals surface area (Å²) in [5.74, 6) is 0.839. The fraction of sp³-hybridized carbons (Fsp3) is 0.385. The van der Waals surface area contributed by atoms with E-state index in [1.54, 1.807) is 12.4 Å². The van der Waals surface area contributed by atoms with E-state index in [1.165, 1.54) is 18.5 Å². The van der Waals surface area contributed by atoms with Gasteiger partial charge in [0.1, 0.15) is 5.69 Å². The Morgan fingerprint density at radius 1 is 1.35 bits per heavy atom. The molecule has 1 fully saturated rings. The van der Waals surface area contributed by atoms with Crippen molar-refractivity contribution in [2.45, 2.75) is 26.3 Å². The topological polar surface area (TPSA) is 30.7 Å². The highest BCUT2D eigenvalue weighted by Gasteiger charge is 2.24. The zero-order valence-corrected chi connectivity index (χ0v) is 11.3. The molecule has 1 saturated carbocycles. The van der Waals surface area contributed by atoms with E-state index in [4.69, 9.17) is 5.10 Å². The van der Waals surface area contributed by atoms with Crippen molar-refractivity contribution in [3.63, 3.8) is 0 Å². The van der Waals surface area contributed by atoms with Crippen molar-refractivity contribution in [1.29, 1.82) is 0 Å². The van der Waals surface area contributed by atoms with Crippen LogP contribution in [0.4, 0.5) is 0 Å². The van der Waals surface area contributed by atoms with Gasteiger partial charge in [0.2, 0.25) is 0 Å². The summed E-state index contributed by atoms with van der Waals surface area (Å²) >= 11 is 3.64. The van der Waals surface area contributed by atoms with Gasteiger partial charge in [0.05, 0.1) is 10.2 Å². The highest BCUT2D eigenvalue weighted by molar-refractivity contribution is 9.10. The molecule has 2 aromatic rings. The van der Waals surface area contributed by atoms with Crippen LogP contribution in [-0.4, -0.2) is 14.8 Å². The van der Waals surface area contributed by atoms with Gasteiger partial charge in [-0.3, -0.25) is 9.67 Å². The summed E-state index contributed by atoms with van der Waals surface area (Å²) in [6.07, 6.45) is 6.30. The second-order valence-electron chi connectivity index (χ2n) is 4.61. The Labute approximate surface area is 109 Å². The smallest absolute Gasteiger partial charge is 0.107 e. The Kier molecular flexibility index (Phi) is 2.74. The summed E-state index contributed by atoms with van der Waals surface area (Å²) in [7, 11) is 0. The van der Waals surface area contributed by atoms with Gasteiger partial charge in [0.25, 0.3) is 0 Å². The molecule has 0 unspecified atom stereocenters. The molecule has 0 aliphatic heterocycles. The number of aromatic nitrogens is 3. The van der Waals surface area contributed by atoms with Crippen LogP contribution in [0.1, 0.15) is 18.5 Å². The van der Waals surface area contributed by atoms with E-state index < -0.39 is 0 Å². The van der Waals surface area contributed by atoms with Crippen LogP contribution in [0.2, 0.25) is 0 Å². The molecular formula is C13H14BrN3. The lowest BCUT2D eigenvalue weighted by atomic mass is 10.2. The summed E-state index contributed by atoms with van der Waals surface area (Å²) in [6, 6.07) is 3.99. The van der Waals surface area contributed by atoms with Gasteiger partial charge in [0.15, 0.2) is 0 Å². The third kappa shape index (κ3) is 2.14. The molecule has 0 amide bonds. The number of hydrogen-bond donors (Lipinski definition) is 0. The maximum atomic E-state index is 4.70. The Bertz CT molecular complexity index is 529. The van der Waals surface area contributed by atoms with E-state index >= 15 is 0 Å². The number of halogens is 1. The molecule has 1 aliphatic rings. The van der Waals surface area contributed by atoms with Gasteiger partial charge in [-0.2, -0.15) is 5.10 Å². The van der Waals surface area contributed by atoms with Crippen molar-refractivity contribution in [1.82, 2.24) is 14.8 Å². The van der Waals surface area contributed by atoms with Crippen LogP contribution in [0.15, 0.2) is 29.0 Å². The monoisotopic (exact) mass is 291 g/mol. The molecule has 0 spiro atoms. The minimum atomic E-state index is 0.839. The Hall–Kier alpha value is -1.16. The highest BCUT2D eigenvalue weighted by atomic mass is 79.9. The molecule has 88 valence electrons. The van der Waals surface area contributed by atoms with Gasteiger partial charge >= 0.3 is 0 Å². The second-order valence-corrected chi connectivity index (χ2v) is 5.40. The molecule has 0 radical (unpaired) electrons. The molecular weight excluding hydrogens is 278 g/mol. The normalized spacial score (nSPS) is 15.2. The lowest BCUT2D eigenvalue weighted by molar-refractivity contribution is 0.551. The predicted molar refractivity (Wildman–Crippen MR) is 70.6 cm³/mol. The molecule has 3 rings (SSSR count). The number of hydrogen-bond acceptors (Lipinski definition) is 2. The first-order valence-corrected chi connectivity index (χ1v) is 6.68. The van der Waals surface area contributed by atoms with E-state index in [0.29, 0.717) is 0 Å². The summed E-state index contributed by atoms with van der Waals surface area (Å²) in [5, 5.41) is 4.70. The highest BCUT2D eigenvalue weighted by Crippen LogP contribution is 2.34. The fourth-order valence-corrected chi connectivity index (χ4v) is 2.45. The first-order valence-electron chi connectivity index (χ1n) is 5.89. The molecule has 2 heterocycles. The van der Waals surface area contributed by atoms with Crippen molar-refractivity contribution >= 4 is 15.9 Å². The fourth-order valence-electron chi connectivity index (χ4n) is 1.94. The minimum Gasteiger partial charge on any atom is -0.268 e. The van der Waals surface area contributed by atoms with Crippen molar-refractivity contribution in [2.24, 2.45) is 5.92 Å². The molecule has 1 aliphatic carbocycles. The van der Waals surface area contributed by atoms with Crippen LogP contribution in [0.25, 0.3) is 11.3 Å². The molecule has 0 atom stereocenters. The summed E-state index contributed by atoms with van der Waals surface area (Å²) in [5.41, 5.74) is 3.35. The van der Waals surface area contributed by atoms with Gasteiger partial charge in [-0.25, -0.2) is 0 Å². The number of rotatable bonds is 3. The molecule has 0 aromatic carbocycles. The van der Waals surface area contributed by atoms with Crippen LogP contribution >= 0.6 is 15.9 Å². The predicted octanol–water partition coefficient (Wildman–Crippen LogP) is 3.43. The third-order valence-electron chi connectivity index (χ3n) is 3.22. The van der Waals surface area contributed by atoms with Gasteiger partial charge in [-0.15, -0.1) is 0 Å². The summed E-state index contributed by atoms with van der Waals surface area (Å²) < 4.78 is 3.22. The van der Waals surface area contributed by atoms with E-state index in [9.17, 15) is 0 Å². The molecule has 0 saturated heterocycles. The molecule has 0 N–H and O–H groups in total. The summed E-state index contributed by atoms with van der Waals surface area (Å²) in [6.45, 7) is 3.17. The average Bonchev–Trinajstić information content (AvgIpc) is 3.13. The van der Waals surface area contributed by atoms with E-state index in [2.05, 4.69) is 32.5 Å². The van der Waals surface area contributed by atoms with Crippen LogP contribution in [0.3, 0.4) is 0 Å². The van der Waals surface area contributed by atoms with Crippen LogP contribution < -0.4 is 0 Å². The minimum absolute atomic E-state index is 0.839. The van der Waals surface area contributed by atoms with E-state index in [1.807, 2.05) is 12.1 Å². The van der Waals surface area contributed by atoms with Crippen molar-refractivity contribution in [2.75, 3.05) is 0 Å². The molecule has 2 aromatic heterocycles. The summed E-state index contributed by atoms with van der Waals surface area (Å²) in [4.78, 5) is 4.04. The number of pyridine rings is 1. The second kappa shape index (κ2) is 4.26. The third-order valence-corrected chi connectivity index (χ3v) is 4.16. The Morgan fingerprint density at radius 3 is 2.71 bits per heavy atom. The zero-order chi connectivity index (χ0) is 11.8. The van der Waals surface area contributed by atoms with Gasteiger partial charge in [-0.1, -0.05) is 0 Å². The van der Waals surface area contributed by atoms with Crippen LogP contribution in [-0.2, 0) is 6.54 Å². The lowest BCUT2D eigenvalue weighted by Gasteiger charge is -2.01. The first kappa shape index (κ1) is 11.0. The van der Waals surface area contributed by atoms with Crippen molar-refractivity contribution in [3.05, 3.63) is 34.7 Å². The maximum absolute atomic E-state index is 4.70. The Balaban J connectivity index is 1.99. The standard InChI is InChI=1S/C13H14BrN3/c1-9-12(14)13(11-4-6-15-7-5-11)16-17(9)8-10-2-3-10/h4-7,10H,2-3,8H2,1H3. The van der Waals surface area contributed by atoms with Gasteiger partial charge in [-0.05, 0) is 53.7 Å². The largest absolute Gasteiger partial charge is 0.268 e. The van der Waals surface area contributed by atoms with Crippen molar-refractivity contribution < 1.29 is 0 Å². The zero-order valence-electron chi connectivity index (χ0n) is 9.73. The SMILES string of the molecule is Cc1c(Br)c(-c2ccncc2)nn1CC1CC1. The van der Waals surface area contributed by atoms with Gasteiger partial charge < -0.3 is 0 Å². The van der Waals surface area contributed by atoms with E-state index in [0.717, 1.165) is 28.2 Å². The lowest BCUT2D eigenvalue weighted by Crippen LogP contribution is -2.03. The van der Waals surface area contributed by atoms with Crippen LogP contribution in [0.5, 0.6) is 0 Å². The van der Waals surface area contributed by atoms with E-state index in [-0.39, 0.29) is 0 Å². The maximum Gasteiger partial charge on any atom is 0.107 e. The van der Waals surface area contributed by atoms with Crippen molar-refractivity contribution in [3.8, 4) is 11.3 Å². The quantitative estimate of drug-likeness (QED) is 0.867. The molecule has 4 heteroatoms. The molecule has 3 nitrogen and oxygen atoms in total. The number of nitrogens with zero attached hydrogens (tertiary/aromatic N) is 3. The van der Waals surface area contributed by atoms with Gasteiger partial charge in [0, 0.05) is 24.5 Å². The molecule has 0 bridgehead atoms. The molecule has 17 heavy (non-hydrogen) atoms.